The Morgan fingerprint density at radius 3 is 3.00 bits per heavy atom. The first-order valence-corrected chi connectivity index (χ1v) is 3.72. The first-order valence-electron chi connectivity index (χ1n) is 3.72. The standard InChI is InChI=1S/C8H12O/c9-8-5-4-6-2-1-3-7(6)8/h1,3,6-9H,2,4-5H2/t6-,7-,8+/m0/s1. The third-order valence-electron chi connectivity index (χ3n) is 2.62. The normalized spacial score (nSPS) is 47.9. The van der Waals surface area contributed by atoms with E-state index in [0.29, 0.717) is 5.92 Å². The van der Waals surface area contributed by atoms with Crippen molar-refractivity contribution in [1.82, 2.24) is 0 Å². The Labute approximate surface area is 55.4 Å². The Balaban J connectivity index is 2.15. The second-order valence-electron chi connectivity index (χ2n) is 3.15. The van der Waals surface area contributed by atoms with Crippen LogP contribution in [0.4, 0.5) is 0 Å². The van der Waals surface area contributed by atoms with Crippen molar-refractivity contribution < 1.29 is 5.11 Å². The summed E-state index contributed by atoms with van der Waals surface area (Å²) < 4.78 is 0. The third-order valence-corrected chi connectivity index (χ3v) is 2.62. The van der Waals surface area contributed by atoms with Crippen LogP contribution < -0.4 is 0 Å². The number of rotatable bonds is 0. The van der Waals surface area contributed by atoms with Crippen LogP contribution in [0.2, 0.25) is 0 Å². The summed E-state index contributed by atoms with van der Waals surface area (Å²) in [5.74, 6) is 1.31. The van der Waals surface area contributed by atoms with E-state index >= 15 is 0 Å². The summed E-state index contributed by atoms with van der Waals surface area (Å²) >= 11 is 0. The zero-order chi connectivity index (χ0) is 6.27. The van der Waals surface area contributed by atoms with E-state index in [1.165, 1.54) is 12.8 Å². The van der Waals surface area contributed by atoms with Gasteiger partial charge in [-0.25, -0.2) is 0 Å². The van der Waals surface area contributed by atoms with Gasteiger partial charge < -0.3 is 5.11 Å². The van der Waals surface area contributed by atoms with E-state index in [-0.39, 0.29) is 6.10 Å². The molecule has 0 aromatic rings. The predicted octanol–water partition coefficient (Wildman–Crippen LogP) is 1.33. The first-order chi connectivity index (χ1) is 4.38. The van der Waals surface area contributed by atoms with Crippen molar-refractivity contribution in [3.8, 4) is 0 Å². The largest absolute Gasteiger partial charge is 0.393 e. The summed E-state index contributed by atoms with van der Waals surface area (Å²) in [7, 11) is 0. The molecule has 0 saturated heterocycles. The van der Waals surface area contributed by atoms with Crippen LogP contribution in [-0.2, 0) is 0 Å². The van der Waals surface area contributed by atoms with Gasteiger partial charge in [0.15, 0.2) is 0 Å². The van der Waals surface area contributed by atoms with E-state index in [0.717, 1.165) is 12.3 Å². The summed E-state index contributed by atoms with van der Waals surface area (Å²) in [6, 6.07) is 0. The van der Waals surface area contributed by atoms with Crippen LogP contribution in [-0.4, -0.2) is 11.2 Å². The van der Waals surface area contributed by atoms with E-state index in [9.17, 15) is 5.11 Å². The Hall–Kier alpha value is -0.300. The summed E-state index contributed by atoms with van der Waals surface area (Å²) in [5.41, 5.74) is 0. The summed E-state index contributed by atoms with van der Waals surface area (Å²) in [4.78, 5) is 0. The maximum absolute atomic E-state index is 9.35. The lowest BCUT2D eigenvalue weighted by atomic mass is 9.99. The van der Waals surface area contributed by atoms with Crippen LogP contribution in [0.3, 0.4) is 0 Å². The van der Waals surface area contributed by atoms with Gasteiger partial charge in [0.1, 0.15) is 0 Å². The van der Waals surface area contributed by atoms with Crippen LogP contribution in [0.15, 0.2) is 12.2 Å². The molecule has 0 aliphatic heterocycles. The Morgan fingerprint density at radius 2 is 2.22 bits per heavy atom. The Kier molecular flexibility index (Phi) is 1.12. The number of aliphatic hydroxyl groups is 1. The number of fused-ring (bicyclic) bond motifs is 1. The maximum Gasteiger partial charge on any atom is 0.0605 e. The zero-order valence-electron chi connectivity index (χ0n) is 5.46. The summed E-state index contributed by atoms with van der Waals surface area (Å²) in [6.45, 7) is 0. The molecule has 2 rings (SSSR count). The lowest BCUT2D eigenvalue weighted by Crippen LogP contribution is -2.12. The fourth-order valence-electron chi connectivity index (χ4n) is 2.05. The predicted molar refractivity (Wildman–Crippen MR) is 36.0 cm³/mol. The number of aliphatic hydroxyl groups excluding tert-OH is 1. The molecule has 50 valence electrons. The average Bonchev–Trinajstić information content (AvgIpc) is 2.35. The molecule has 0 aromatic heterocycles. The van der Waals surface area contributed by atoms with Crippen molar-refractivity contribution in [1.29, 1.82) is 0 Å². The molecule has 2 aliphatic carbocycles. The fraction of sp³-hybridized carbons (Fsp3) is 0.750. The molecule has 1 nitrogen and oxygen atoms in total. The van der Waals surface area contributed by atoms with Gasteiger partial charge in [0.25, 0.3) is 0 Å². The summed E-state index contributed by atoms with van der Waals surface area (Å²) in [6.07, 6.45) is 7.84. The molecule has 1 N–H and O–H groups in total. The quantitative estimate of drug-likeness (QED) is 0.483. The van der Waals surface area contributed by atoms with E-state index in [2.05, 4.69) is 12.2 Å². The molecule has 2 aliphatic rings. The SMILES string of the molecule is O[C@@H]1CC[C@@H]2CC=C[C@@H]21. The summed E-state index contributed by atoms with van der Waals surface area (Å²) in [5, 5.41) is 9.35. The topological polar surface area (TPSA) is 20.2 Å². The van der Waals surface area contributed by atoms with Crippen LogP contribution in [0.5, 0.6) is 0 Å². The van der Waals surface area contributed by atoms with Gasteiger partial charge >= 0.3 is 0 Å². The molecule has 3 atom stereocenters. The molecular formula is C8H12O. The van der Waals surface area contributed by atoms with Gasteiger partial charge in [-0.3, -0.25) is 0 Å². The Bertz CT molecular complexity index is 140. The molecule has 0 bridgehead atoms. The van der Waals surface area contributed by atoms with E-state index in [4.69, 9.17) is 0 Å². The molecule has 0 amide bonds. The van der Waals surface area contributed by atoms with Crippen LogP contribution in [0.1, 0.15) is 19.3 Å². The molecule has 0 spiro atoms. The van der Waals surface area contributed by atoms with Gasteiger partial charge in [-0.1, -0.05) is 12.2 Å². The average molecular weight is 124 g/mol. The molecule has 1 fully saturated rings. The molecule has 1 heteroatoms. The molecule has 0 heterocycles. The molecular weight excluding hydrogens is 112 g/mol. The number of hydrogen-bond acceptors (Lipinski definition) is 1. The van der Waals surface area contributed by atoms with Gasteiger partial charge in [0.05, 0.1) is 6.10 Å². The highest BCUT2D eigenvalue weighted by molar-refractivity contribution is 5.06. The minimum absolute atomic E-state index is 0.0197. The van der Waals surface area contributed by atoms with Gasteiger partial charge in [-0.15, -0.1) is 0 Å². The van der Waals surface area contributed by atoms with Crippen molar-refractivity contribution in [3.05, 3.63) is 12.2 Å². The van der Waals surface area contributed by atoms with Gasteiger partial charge in [0.2, 0.25) is 0 Å². The Morgan fingerprint density at radius 1 is 1.33 bits per heavy atom. The van der Waals surface area contributed by atoms with E-state index < -0.39 is 0 Å². The van der Waals surface area contributed by atoms with Crippen molar-refractivity contribution in [2.45, 2.75) is 25.4 Å². The highest BCUT2D eigenvalue weighted by Crippen LogP contribution is 2.39. The second kappa shape index (κ2) is 1.84. The monoisotopic (exact) mass is 124 g/mol. The lowest BCUT2D eigenvalue weighted by molar-refractivity contribution is 0.146. The third kappa shape index (κ3) is 0.715. The van der Waals surface area contributed by atoms with Crippen LogP contribution >= 0.6 is 0 Å². The minimum atomic E-state index is -0.0197. The van der Waals surface area contributed by atoms with E-state index in [1.807, 2.05) is 0 Å². The van der Waals surface area contributed by atoms with Gasteiger partial charge in [-0.05, 0) is 25.2 Å². The van der Waals surface area contributed by atoms with Crippen LogP contribution in [0.25, 0.3) is 0 Å². The number of allylic oxidation sites excluding steroid dienone is 1. The van der Waals surface area contributed by atoms with Crippen molar-refractivity contribution in [2.24, 2.45) is 11.8 Å². The fourth-order valence-corrected chi connectivity index (χ4v) is 2.05. The van der Waals surface area contributed by atoms with Crippen molar-refractivity contribution >= 4 is 0 Å². The smallest absolute Gasteiger partial charge is 0.0605 e. The van der Waals surface area contributed by atoms with Crippen molar-refractivity contribution in [3.63, 3.8) is 0 Å². The number of hydrogen-bond donors (Lipinski definition) is 1. The highest BCUT2D eigenvalue weighted by Gasteiger charge is 2.34. The molecule has 0 aromatic carbocycles. The highest BCUT2D eigenvalue weighted by atomic mass is 16.3. The molecule has 0 unspecified atom stereocenters. The maximum atomic E-state index is 9.35. The first kappa shape index (κ1) is 5.48. The van der Waals surface area contributed by atoms with E-state index in [1.54, 1.807) is 0 Å². The minimum Gasteiger partial charge on any atom is -0.393 e. The van der Waals surface area contributed by atoms with Crippen molar-refractivity contribution in [2.75, 3.05) is 0 Å². The molecule has 0 radical (unpaired) electrons. The lowest BCUT2D eigenvalue weighted by Gasteiger charge is -2.09. The van der Waals surface area contributed by atoms with Crippen LogP contribution in [0, 0.1) is 11.8 Å². The molecule has 1 saturated carbocycles. The van der Waals surface area contributed by atoms with Gasteiger partial charge in [-0.2, -0.15) is 0 Å². The zero-order valence-corrected chi connectivity index (χ0v) is 5.46. The second-order valence-corrected chi connectivity index (χ2v) is 3.15. The van der Waals surface area contributed by atoms with Gasteiger partial charge in [0, 0.05) is 5.92 Å². The molecule has 9 heavy (non-hydrogen) atoms.